The SMILES string of the molecule is Cc1cccc(C[Si](c2ccccc2)c2ccccc2)n1. The Balaban J connectivity index is 1.97. The van der Waals surface area contributed by atoms with Crippen molar-refractivity contribution in [3.8, 4) is 0 Å². The summed E-state index contributed by atoms with van der Waals surface area (Å²) in [6, 6.07) is 29.0. The van der Waals surface area contributed by atoms with E-state index in [1.807, 2.05) is 0 Å². The van der Waals surface area contributed by atoms with E-state index in [1.54, 1.807) is 0 Å². The lowest BCUT2D eigenvalue weighted by molar-refractivity contribution is 1.09. The first kappa shape index (κ1) is 13.8. The van der Waals surface area contributed by atoms with Crippen LogP contribution in [-0.2, 0) is 6.04 Å². The van der Waals surface area contributed by atoms with Gasteiger partial charge in [0.2, 0.25) is 0 Å². The zero-order valence-corrected chi connectivity index (χ0v) is 13.2. The third-order valence-corrected chi connectivity index (χ3v) is 6.32. The number of pyridine rings is 1. The molecule has 1 aromatic heterocycles. The van der Waals surface area contributed by atoms with E-state index in [9.17, 15) is 0 Å². The minimum Gasteiger partial charge on any atom is -0.258 e. The lowest BCUT2D eigenvalue weighted by Crippen LogP contribution is -2.44. The van der Waals surface area contributed by atoms with E-state index in [0.717, 1.165) is 11.7 Å². The molecule has 0 aliphatic rings. The van der Waals surface area contributed by atoms with Crippen molar-refractivity contribution in [2.45, 2.75) is 13.0 Å². The number of hydrogen-bond donors (Lipinski definition) is 0. The molecule has 0 fully saturated rings. The van der Waals surface area contributed by atoms with Gasteiger partial charge in [0.25, 0.3) is 0 Å². The van der Waals surface area contributed by atoms with E-state index in [0.29, 0.717) is 0 Å². The van der Waals surface area contributed by atoms with Gasteiger partial charge in [-0.1, -0.05) is 77.1 Å². The van der Waals surface area contributed by atoms with Crippen molar-refractivity contribution < 1.29 is 0 Å². The van der Waals surface area contributed by atoms with Gasteiger partial charge in [0.15, 0.2) is 0 Å². The van der Waals surface area contributed by atoms with Crippen molar-refractivity contribution in [2.24, 2.45) is 0 Å². The molecule has 1 radical (unpaired) electrons. The molecule has 3 rings (SSSR count). The van der Waals surface area contributed by atoms with Crippen LogP contribution in [0.4, 0.5) is 0 Å². The number of aryl methyl sites for hydroxylation is 1. The Morgan fingerprint density at radius 3 is 1.81 bits per heavy atom. The molecule has 0 aliphatic carbocycles. The van der Waals surface area contributed by atoms with Crippen LogP contribution >= 0.6 is 0 Å². The molecule has 0 spiro atoms. The molecule has 0 unspecified atom stereocenters. The Bertz CT molecular complexity index is 656. The average molecular weight is 288 g/mol. The highest BCUT2D eigenvalue weighted by molar-refractivity contribution is 6.84. The van der Waals surface area contributed by atoms with Crippen LogP contribution in [0.2, 0.25) is 0 Å². The maximum absolute atomic E-state index is 4.69. The van der Waals surface area contributed by atoms with E-state index in [2.05, 4.69) is 90.8 Å². The van der Waals surface area contributed by atoms with Gasteiger partial charge < -0.3 is 0 Å². The number of rotatable bonds is 4. The molecule has 103 valence electrons. The van der Waals surface area contributed by atoms with Gasteiger partial charge >= 0.3 is 0 Å². The molecule has 0 aliphatic heterocycles. The van der Waals surface area contributed by atoms with Crippen LogP contribution in [0.25, 0.3) is 0 Å². The molecular weight excluding hydrogens is 270 g/mol. The van der Waals surface area contributed by atoms with Crippen LogP contribution in [-0.4, -0.2) is 13.8 Å². The molecule has 2 heteroatoms. The summed E-state index contributed by atoms with van der Waals surface area (Å²) < 4.78 is 0. The fraction of sp³-hybridized carbons (Fsp3) is 0.105. The quantitative estimate of drug-likeness (QED) is 0.673. The topological polar surface area (TPSA) is 12.9 Å². The molecule has 3 aromatic rings. The molecule has 0 amide bonds. The summed E-state index contributed by atoms with van der Waals surface area (Å²) in [4.78, 5) is 4.69. The van der Waals surface area contributed by atoms with Crippen molar-refractivity contribution in [3.63, 3.8) is 0 Å². The number of hydrogen-bond acceptors (Lipinski definition) is 1. The first-order valence-corrected chi connectivity index (χ1v) is 8.93. The van der Waals surface area contributed by atoms with Crippen molar-refractivity contribution >= 4 is 19.2 Å². The van der Waals surface area contributed by atoms with Crippen LogP contribution in [0.1, 0.15) is 11.4 Å². The van der Waals surface area contributed by atoms with Gasteiger partial charge in [-0.25, -0.2) is 0 Å². The molecule has 1 heterocycles. The number of benzene rings is 2. The van der Waals surface area contributed by atoms with Gasteiger partial charge in [-0.05, 0) is 25.1 Å². The molecule has 21 heavy (non-hydrogen) atoms. The second kappa shape index (κ2) is 6.51. The Morgan fingerprint density at radius 2 is 1.29 bits per heavy atom. The van der Waals surface area contributed by atoms with Gasteiger partial charge in [0.1, 0.15) is 8.80 Å². The highest BCUT2D eigenvalue weighted by atomic mass is 28.3. The van der Waals surface area contributed by atoms with Crippen molar-refractivity contribution in [1.29, 1.82) is 0 Å². The molecule has 0 N–H and O–H groups in total. The first-order valence-electron chi connectivity index (χ1n) is 7.22. The Morgan fingerprint density at radius 1 is 0.714 bits per heavy atom. The van der Waals surface area contributed by atoms with Crippen molar-refractivity contribution in [3.05, 3.63) is 90.3 Å². The normalized spacial score (nSPS) is 10.8. The molecule has 0 saturated heterocycles. The maximum atomic E-state index is 4.69. The molecule has 2 aromatic carbocycles. The van der Waals surface area contributed by atoms with Crippen LogP contribution in [0.5, 0.6) is 0 Å². The lowest BCUT2D eigenvalue weighted by atomic mass is 10.3. The van der Waals surface area contributed by atoms with Crippen LogP contribution in [0, 0.1) is 6.92 Å². The highest BCUT2D eigenvalue weighted by Crippen LogP contribution is 2.03. The van der Waals surface area contributed by atoms with E-state index in [1.165, 1.54) is 16.1 Å². The third kappa shape index (κ3) is 3.47. The van der Waals surface area contributed by atoms with Crippen LogP contribution in [0.3, 0.4) is 0 Å². The third-order valence-electron chi connectivity index (χ3n) is 3.55. The summed E-state index contributed by atoms with van der Waals surface area (Å²) in [6.45, 7) is 2.06. The van der Waals surface area contributed by atoms with Crippen LogP contribution < -0.4 is 10.4 Å². The Kier molecular flexibility index (Phi) is 4.27. The monoisotopic (exact) mass is 288 g/mol. The summed E-state index contributed by atoms with van der Waals surface area (Å²) in [5.74, 6) is 0. The summed E-state index contributed by atoms with van der Waals surface area (Å²) in [5, 5.41) is 2.88. The highest BCUT2D eigenvalue weighted by Gasteiger charge is 2.17. The zero-order chi connectivity index (χ0) is 14.5. The second-order valence-corrected chi connectivity index (χ2v) is 7.62. The predicted octanol–water partition coefficient (Wildman–Crippen LogP) is 2.78. The second-order valence-electron chi connectivity index (χ2n) is 5.16. The molecule has 0 atom stereocenters. The van der Waals surface area contributed by atoms with E-state index in [4.69, 9.17) is 0 Å². The fourth-order valence-electron chi connectivity index (χ4n) is 2.53. The fourth-order valence-corrected chi connectivity index (χ4v) is 5.02. The molecular formula is C19H18NSi. The minimum atomic E-state index is -0.831. The van der Waals surface area contributed by atoms with E-state index in [-0.39, 0.29) is 0 Å². The zero-order valence-electron chi connectivity index (χ0n) is 12.2. The molecule has 0 saturated carbocycles. The standard InChI is InChI=1S/C19H18NSi/c1-16-9-8-10-17(20-16)15-21(18-11-4-2-5-12-18)19-13-6-3-7-14-19/h2-14H,15H2,1H3. The Labute approximate surface area is 127 Å². The smallest absolute Gasteiger partial charge is 0.127 e. The molecule has 1 nitrogen and oxygen atoms in total. The number of nitrogens with zero attached hydrogens (tertiary/aromatic N) is 1. The summed E-state index contributed by atoms with van der Waals surface area (Å²) in [6.07, 6.45) is 0. The predicted molar refractivity (Wildman–Crippen MR) is 90.6 cm³/mol. The maximum Gasteiger partial charge on any atom is 0.127 e. The number of aromatic nitrogens is 1. The van der Waals surface area contributed by atoms with Crippen molar-refractivity contribution in [1.82, 2.24) is 4.98 Å². The van der Waals surface area contributed by atoms with Crippen LogP contribution in [0.15, 0.2) is 78.9 Å². The van der Waals surface area contributed by atoms with Gasteiger partial charge in [0.05, 0.1) is 0 Å². The summed E-state index contributed by atoms with van der Waals surface area (Å²) >= 11 is 0. The minimum absolute atomic E-state index is 0.831. The average Bonchev–Trinajstić information content (AvgIpc) is 2.54. The van der Waals surface area contributed by atoms with Crippen molar-refractivity contribution in [2.75, 3.05) is 0 Å². The van der Waals surface area contributed by atoms with Gasteiger partial charge in [0, 0.05) is 11.4 Å². The summed E-state index contributed by atoms with van der Waals surface area (Å²) in [7, 11) is -0.831. The lowest BCUT2D eigenvalue weighted by Gasteiger charge is -2.16. The Hall–Kier alpha value is -2.19. The summed E-state index contributed by atoms with van der Waals surface area (Å²) in [5.41, 5.74) is 2.28. The molecule has 0 bridgehead atoms. The first-order chi connectivity index (χ1) is 10.3. The van der Waals surface area contributed by atoms with E-state index < -0.39 is 8.80 Å². The van der Waals surface area contributed by atoms with E-state index >= 15 is 0 Å². The van der Waals surface area contributed by atoms with Gasteiger partial charge in [-0.15, -0.1) is 0 Å². The largest absolute Gasteiger partial charge is 0.258 e. The van der Waals surface area contributed by atoms with Gasteiger partial charge in [-0.2, -0.15) is 0 Å². The van der Waals surface area contributed by atoms with Gasteiger partial charge in [-0.3, -0.25) is 4.98 Å².